The Balaban J connectivity index is 0.00000338. The van der Waals surface area contributed by atoms with Crippen molar-refractivity contribution in [3.05, 3.63) is 57.3 Å². The van der Waals surface area contributed by atoms with Crippen LogP contribution in [0.5, 0.6) is 0 Å². The van der Waals surface area contributed by atoms with Crippen molar-refractivity contribution in [2.24, 2.45) is 4.99 Å². The minimum absolute atomic E-state index is 0. The molecular weight excluding hydrogens is 457 g/mol. The molecule has 0 amide bonds. The Morgan fingerprint density at radius 3 is 2.42 bits per heavy atom. The van der Waals surface area contributed by atoms with Gasteiger partial charge in [0.05, 0.1) is 6.61 Å². The fourth-order valence-electron chi connectivity index (χ4n) is 2.53. The van der Waals surface area contributed by atoms with E-state index in [2.05, 4.69) is 65.9 Å². The van der Waals surface area contributed by atoms with Gasteiger partial charge in [-0.1, -0.05) is 24.3 Å². The van der Waals surface area contributed by atoms with Gasteiger partial charge in [0.2, 0.25) is 0 Å². The number of guanidine groups is 1. The average Bonchev–Trinajstić information content (AvgIpc) is 3.02. The maximum atomic E-state index is 5.43. The summed E-state index contributed by atoms with van der Waals surface area (Å²) in [4.78, 5) is 7.09. The Labute approximate surface area is 178 Å². The molecule has 2 rings (SSSR count). The number of nitrogens with one attached hydrogen (secondary N) is 2. The third-order valence-electron chi connectivity index (χ3n) is 3.87. The van der Waals surface area contributed by atoms with Crippen molar-refractivity contribution in [2.75, 3.05) is 13.7 Å². The zero-order valence-electron chi connectivity index (χ0n) is 16.0. The van der Waals surface area contributed by atoms with Crippen LogP contribution in [0.3, 0.4) is 0 Å². The van der Waals surface area contributed by atoms with E-state index in [1.807, 2.05) is 25.3 Å². The van der Waals surface area contributed by atoms with Crippen LogP contribution in [0.2, 0.25) is 0 Å². The van der Waals surface area contributed by atoms with E-state index in [1.54, 1.807) is 0 Å². The molecule has 0 fully saturated rings. The monoisotopic (exact) mass is 487 g/mol. The van der Waals surface area contributed by atoms with E-state index in [4.69, 9.17) is 4.74 Å². The van der Waals surface area contributed by atoms with Crippen LogP contribution < -0.4 is 10.6 Å². The molecule has 1 heterocycles. The first-order valence-electron chi connectivity index (χ1n) is 8.78. The summed E-state index contributed by atoms with van der Waals surface area (Å²) in [5.41, 5.74) is 2.43. The van der Waals surface area contributed by atoms with Crippen molar-refractivity contribution in [1.82, 2.24) is 10.6 Å². The van der Waals surface area contributed by atoms with Crippen LogP contribution in [-0.4, -0.2) is 25.7 Å². The molecule has 0 bridgehead atoms. The predicted octanol–water partition coefficient (Wildman–Crippen LogP) is 4.51. The van der Waals surface area contributed by atoms with Gasteiger partial charge in [0.15, 0.2) is 5.96 Å². The van der Waals surface area contributed by atoms with Gasteiger partial charge in [-0.25, -0.2) is 0 Å². The molecule has 1 atom stereocenters. The number of aryl methyl sites for hydroxylation is 1. The molecular formula is C20H30IN3OS. The summed E-state index contributed by atoms with van der Waals surface area (Å²) in [5, 5.41) is 6.84. The third kappa shape index (κ3) is 8.05. The lowest BCUT2D eigenvalue weighted by Crippen LogP contribution is -2.42. The molecule has 0 saturated heterocycles. The maximum Gasteiger partial charge on any atom is 0.191 e. The second-order valence-corrected chi connectivity index (χ2v) is 7.51. The lowest BCUT2D eigenvalue weighted by atomic mass is 10.1. The van der Waals surface area contributed by atoms with Crippen LogP contribution >= 0.6 is 35.3 Å². The summed E-state index contributed by atoms with van der Waals surface area (Å²) in [6, 6.07) is 13.2. The molecule has 4 nitrogen and oxygen atoms in total. The van der Waals surface area contributed by atoms with E-state index >= 15 is 0 Å². The molecule has 1 aromatic carbocycles. The van der Waals surface area contributed by atoms with E-state index in [0.29, 0.717) is 12.6 Å². The largest absolute Gasteiger partial charge is 0.377 e. The normalized spacial score (nSPS) is 12.4. The van der Waals surface area contributed by atoms with Gasteiger partial charge in [-0.2, -0.15) is 0 Å². The van der Waals surface area contributed by atoms with E-state index < -0.39 is 0 Å². The number of aliphatic imine (C=N–C) groups is 1. The van der Waals surface area contributed by atoms with Gasteiger partial charge in [0, 0.05) is 42.4 Å². The molecule has 0 radical (unpaired) electrons. The molecule has 0 spiro atoms. The van der Waals surface area contributed by atoms with Crippen LogP contribution in [-0.2, 0) is 24.3 Å². The Kier molecular flexibility index (Phi) is 10.8. The number of hydrogen-bond acceptors (Lipinski definition) is 3. The Hall–Kier alpha value is -1.12. The van der Waals surface area contributed by atoms with Crippen LogP contribution in [0.25, 0.3) is 0 Å². The quantitative estimate of drug-likeness (QED) is 0.327. The highest BCUT2D eigenvalue weighted by atomic mass is 127. The second-order valence-electron chi connectivity index (χ2n) is 6.14. The highest BCUT2D eigenvalue weighted by molar-refractivity contribution is 14.0. The van der Waals surface area contributed by atoms with E-state index in [0.717, 1.165) is 25.5 Å². The Morgan fingerprint density at radius 2 is 1.85 bits per heavy atom. The van der Waals surface area contributed by atoms with Crippen molar-refractivity contribution in [1.29, 1.82) is 0 Å². The minimum Gasteiger partial charge on any atom is -0.377 e. The fourth-order valence-corrected chi connectivity index (χ4v) is 3.55. The molecule has 6 heteroatoms. The summed E-state index contributed by atoms with van der Waals surface area (Å²) in [6.07, 6.45) is 1.01. The summed E-state index contributed by atoms with van der Waals surface area (Å²) in [5.74, 6) is 0.833. The molecule has 0 aliphatic carbocycles. The van der Waals surface area contributed by atoms with Crippen molar-refractivity contribution in [2.45, 2.75) is 46.4 Å². The van der Waals surface area contributed by atoms with Crippen LogP contribution in [0, 0.1) is 6.92 Å². The fraction of sp³-hybridized carbons (Fsp3) is 0.450. The number of rotatable bonds is 8. The lowest BCUT2D eigenvalue weighted by Gasteiger charge is -2.17. The molecule has 0 aliphatic heterocycles. The van der Waals surface area contributed by atoms with Crippen LogP contribution in [0.4, 0.5) is 0 Å². The number of benzene rings is 1. The van der Waals surface area contributed by atoms with E-state index in [1.165, 1.54) is 20.9 Å². The zero-order valence-corrected chi connectivity index (χ0v) is 19.2. The zero-order chi connectivity index (χ0) is 18.1. The summed E-state index contributed by atoms with van der Waals surface area (Å²) >= 11 is 1.86. The van der Waals surface area contributed by atoms with Gasteiger partial charge >= 0.3 is 0 Å². The SMILES string of the molecule is CCOCc1ccc(CNC(=NC)NC(C)Cc2ccc(C)s2)cc1.I. The van der Waals surface area contributed by atoms with Crippen molar-refractivity contribution >= 4 is 41.3 Å². The summed E-state index contributed by atoms with van der Waals surface area (Å²) in [7, 11) is 1.81. The average molecular weight is 487 g/mol. The lowest BCUT2D eigenvalue weighted by molar-refractivity contribution is 0.134. The Bertz CT molecular complexity index is 670. The smallest absolute Gasteiger partial charge is 0.191 e. The first-order valence-corrected chi connectivity index (χ1v) is 9.60. The van der Waals surface area contributed by atoms with Gasteiger partial charge in [-0.05, 0) is 44.0 Å². The van der Waals surface area contributed by atoms with Gasteiger partial charge in [0.1, 0.15) is 0 Å². The number of thiophene rings is 1. The molecule has 144 valence electrons. The minimum atomic E-state index is 0. The van der Waals surface area contributed by atoms with Gasteiger partial charge < -0.3 is 15.4 Å². The van der Waals surface area contributed by atoms with Gasteiger partial charge in [0.25, 0.3) is 0 Å². The summed E-state index contributed by atoms with van der Waals surface area (Å²) in [6.45, 7) is 8.51. The predicted molar refractivity (Wildman–Crippen MR) is 123 cm³/mol. The third-order valence-corrected chi connectivity index (χ3v) is 4.89. The van der Waals surface area contributed by atoms with Gasteiger partial charge in [-0.3, -0.25) is 4.99 Å². The topological polar surface area (TPSA) is 45.6 Å². The molecule has 26 heavy (non-hydrogen) atoms. The molecule has 0 aliphatic rings. The second kappa shape index (κ2) is 12.3. The van der Waals surface area contributed by atoms with E-state index in [9.17, 15) is 0 Å². The van der Waals surface area contributed by atoms with E-state index in [-0.39, 0.29) is 24.0 Å². The van der Waals surface area contributed by atoms with Crippen molar-refractivity contribution < 1.29 is 4.74 Å². The van der Waals surface area contributed by atoms with Crippen LogP contribution in [0.15, 0.2) is 41.4 Å². The maximum absolute atomic E-state index is 5.43. The first kappa shape index (κ1) is 22.9. The number of hydrogen-bond donors (Lipinski definition) is 2. The van der Waals surface area contributed by atoms with Gasteiger partial charge in [-0.15, -0.1) is 35.3 Å². The number of ether oxygens (including phenoxy) is 1. The number of halogens is 1. The molecule has 1 unspecified atom stereocenters. The molecule has 1 aromatic heterocycles. The summed E-state index contributed by atoms with van der Waals surface area (Å²) < 4.78 is 5.43. The number of nitrogens with zero attached hydrogens (tertiary/aromatic N) is 1. The Morgan fingerprint density at radius 1 is 1.15 bits per heavy atom. The molecule has 0 saturated carbocycles. The van der Waals surface area contributed by atoms with Crippen molar-refractivity contribution in [3.8, 4) is 0 Å². The highest BCUT2D eigenvalue weighted by Crippen LogP contribution is 2.16. The highest BCUT2D eigenvalue weighted by Gasteiger charge is 2.08. The van der Waals surface area contributed by atoms with Crippen molar-refractivity contribution in [3.63, 3.8) is 0 Å². The molecule has 2 N–H and O–H groups in total. The molecule has 2 aromatic rings. The van der Waals surface area contributed by atoms with Crippen LogP contribution in [0.1, 0.15) is 34.7 Å². The standard InChI is InChI=1S/C20H29N3OS.HI/c1-5-24-14-18-9-7-17(8-10-18)13-22-20(21-4)23-15(2)12-19-11-6-16(3)25-19;/h6-11,15H,5,12-14H2,1-4H3,(H2,21,22,23);1H. The first-order chi connectivity index (χ1) is 12.1.